The second-order valence-electron chi connectivity index (χ2n) is 6.75. The van der Waals surface area contributed by atoms with Crippen molar-refractivity contribution in [2.75, 3.05) is 25.0 Å². The summed E-state index contributed by atoms with van der Waals surface area (Å²) >= 11 is 0.637. The van der Waals surface area contributed by atoms with Crippen LogP contribution in [0.2, 0.25) is 0 Å². The van der Waals surface area contributed by atoms with Gasteiger partial charge in [0.05, 0.1) is 16.4 Å². The van der Waals surface area contributed by atoms with Crippen molar-refractivity contribution in [2.45, 2.75) is 31.1 Å². The molecule has 0 radical (unpaired) electrons. The van der Waals surface area contributed by atoms with Crippen LogP contribution >= 0.6 is 11.3 Å². The first kappa shape index (κ1) is 22.8. The smallest absolute Gasteiger partial charge is 0.341 e. The molecule has 0 aliphatic carbocycles. The molecule has 10 nitrogen and oxygen atoms in total. The number of esters is 1. The summed E-state index contributed by atoms with van der Waals surface area (Å²) in [7, 11) is -3.63. The van der Waals surface area contributed by atoms with Gasteiger partial charge in [0.25, 0.3) is 5.91 Å². The maximum Gasteiger partial charge on any atom is 0.341 e. The van der Waals surface area contributed by atoms with Crippen molar-refractivity contribution in [1.82, 2.24) is 4.31 Å². The highest BCUT2D eigenvalue weighted by Gasteiger charge is 2.27. The molecule has 0 atom stereocenters. The van der Waals surface area contributed by atoms with Gasteiger partial charge in [0, 0.05) is 24.7 Å². The number of anilines is 1. The van der Waals surface area contributed by atoms with Crippen LogP contribution in [-0.2, 0) is 14.8 Å². The highest BCUT2D eigenvalue weighted by molar-refractivity contribution is 7.89. The van der Waals surface area contributed by atoms with Crippen molar-refractivity contribution in [3.05, 3.63) is 51.6 Å². The summed E-state index contributed by atoms with van der Waals surface area (Å²) in [6, 6.07) is 6.47. The Labute approximate surface area is 183 Å². The third kappa shape index (κ3) is 5.09. The van der Waals surface area contributed by atoms with Crippen LogP contribution in [0.4, 0.5) is 10.0 Å². The topological polar surface area (TPSA) is 136 Å². The number of benzene rings is 1. The van der Waals surface area contributed by atoms with E-state index in [-0.39, 0.29) is 32.6 Å². The van der Waals surface area contributed by atoms with Gasteiger partial charge in [0.1, 0.15) is 10.6 Å². The third-order valence-corrected chi connectivity index (χ3v) is 7.61. The quantitative estimate of drug-likeness (QED) is 0.375. The fourth-order valence-corrected chi connectivity index (χ4v) is 5.50. The van der Waals surface area contributed by atoms with Crippen molar-refractivity contribution in [1.29, 1.82) is 0 Å². The lowest BCUT2D eigenvalue weighted by atomic mass is 10.2. The zero-order valence-corrected chi connectivity index (χ0v) is 18.3. The number of ether oxygens (including phenoxy) is 1. The molecule has 1 aromatic heterocycles. The SMILES string of the molecule is CCOC(=O)c1cc([N+](=O)[O-])sc1NC(=O)c1ccc(S(=O)(=O)N2CCCCC2)cc1. The van der Waals surface area contributed by atoms with Crippen LogP contribution < -0.4 is 5.32 Å². The fourth-order valence-electron chi connectivity index (χ4n) is 3.13. The van der Waals surface area contributed by atoms with Crippen molar-refractivity contribution in [3.63, 3.8) is 0 Å². The molecule has 1 fully saturated rings. The number of rotatable bonds is 7. The first-order chi connectivity index (χ1) is 14.7. The summed E-state index contributed by atoms with van der Waals surface area (Å²) in [4.78, 5) is 35.1. The molecule has 1 aliphatic rings. The summed E-state index contributed by atoms with van der Waals surface area (Å²) in [6.45, 7) is 2.61. The van der Waals surface area contributed by atoms with Crippen LogP contribution in [0.5, 0.6) is 0 Å². The molecule has 0 unspecified atom stereocenters. The summed E-state index contributed by atoms with van der Waals surface area (Å²) in [5, 5.41) is 13.2. The lowest BCUT2D eigenvalue weighted by Gasteiger charge is -2.25. The molecule has 166 valence electrons. The molecule has 1 N–H and O–H groups in total. The number of piperidine rings is 1. The van der Waals surface area contributed by atoms with Crippen molar-refractivity contribution >= 4 is 43.2 Å². The molecule has 0 spiro atoms. The number of sulfonamides is 1. The van der Waals surface area contributed by atoms with E-state index in [1.165, 1.54) is 28.6 Å². The average molecular weight is 468 g/mol. The molecule has 0 bridgehead atoms. The molecule has 1 saturated heterocycles. The van der Waals surface area contributed by atoms with Gasteiger partial charge in [-0.05, 0) is 55.4 Å². The highest BCUT2D eigenvalue weighted by atomic mass is 32.2. The fraction of sp³-hybridized carbons (Fsp3) is 0.368. The Morgan fingerprint density at radius 2 is 1.84 bits per heavy atom. The van der Waals surface area contributed by atoms with Crippen LogP contribution in [0, 0.1) is 10.1 Å². The lowest BCUT2D eigenvalue weighted by Crippen LogP contribution is -2.35. The van der Waals surface area contributed by atoms with E-state index in [0.717, 1.165) is 25.3 Å². The van der Waals surface area contributed by atoms with E-state index in [1.807, 2.05) is 0 Å². The van der Waals surface area contributed by atoms with Gasteiger partial charge in [0.2, 0.25) is 10.0 Å². The largest absolute Gasteiger partial charge is 0.462 e. The number of hydrogen-bond acceptors (Lipinski definition) is 8. The molecule has 2 aromatic rings. The Morgan fingerprint density at radius 1 is 1.19 bits per heavy atom. The van der Waals surface area contributed by atoms with Crippen molar-refractivity contribution in [3.8, 4) is 0 Å². The van der Waals surface area contributed by atoms with E-state index < -0.39 is 26.8 Å². The van der Waals surface area contributed by atoms with E-state index in [9.17, 15) is 28.1 Å². The van der Waals surface area contributed by atoms with Gasteiger partial charge in [-0.2, -0.15) is 4.31 Å². The van der Waals surface area contributed by atoms with Gasteiger partial charge < -0.3 is 10.1 Å². The van der Waals surface area contributed by atoms with Crippen LogP contribution in [-0.4, -0.2) is 49.2 Å². The number of carbonyl (C=O) groups is 2. The van der Waals surface area contributed by atoms with Crippen LogP contribution in [0.15, 0.2) is 35.2 Å². The molecule has 3 rings (SSSR count). The number of amides is 1. The molecule has 12 heteroatoms. The molecule has 1 aromatic carbocycles. The van der Waals surface area contributed by atoms with E-state index in [1.54, 1.807) is 6.92 Å². The number of hydrogen-bond donors (Lipinski definition) is 1. The Kier molecular flexibility index (Phi) is 7.03. The monoisotopic (exact) mass is 467 g/mol. The molecule has 0 saturated carbocycles. The molecular weight excluding hydrogens is 446 g/mol. The predicted molar refractivity (Wildman–Crippen MR) is 114 cm³/mol. The summed E-state index contributed by atoms with van der Waals surface area (Å²) in [5.41, 5.74) is 0.0275. The van der Waals surface area contributed by atoms with Crippen molar-refractivity contribution in [2.24, 2.45) is 0 Å². The van der Waals surface area contributed by atoms with E-state index in [2.05, 4.69) is 5.32 Å². The average Bonchev–Trinajstić information content (AvgIpc) is 3.19. The maximum absolute atomic E-state index is 12.7. The minimum absolute atomic E-state index is 0.0137. The first-order valence-electron chi connectivity index (χ1n) is 9.61. The number of carbonyl (C=O) groups excluding carboxylic acids is 2. The second-order valence-corrected chi connectivity index (χ2v) is 9.72. The van der Waals surface area contributed by atoms with Gasteiger partial charge in [-0.25, -0.2) is 13.2 Å². The number of nitrogens with zero attached hydrogens (tertiary/aromatic N) is 2. The zero-order chi connectivity index (χ0) is 22.6. The van der Waals surface area contributed by atoms with E-state index in [0.29, 0.717) is 24.4 Å². The standard InChI is InChI=1S/C19H21N3O7S2/c1-2-29-19(24)15-12-16(22(25)26)30-18(15)20-17(23)13-6-8-14(9-7-13)31(27,28)21-10-4-3-5-11-21/h6-9,12H,2-5,10-11H2,1H3,(H,20,23). The summed E-state index contributed by atoms with van der Waals surface area (Å²) < 4.78 is 31.8. The molecule has 1 amide bonds. The molecular formula is C19H21N3O7S2. The Bertz CT molecular complexity index is 1090. The van der Waals surface area contributed by atoms with E-state index >= 15 is 0 Å². The van der Waals surface area contributed by atoms with Crippen LogP contribution in [0.3, 0.4) is 0 Å². The van der Waals surface area contributed by atoms with Gasteiger partial charge in [-0.1, -0.05) is 6.42 Å². The van der Waals surface area contributed by atoms with Gasteiger partial charge >= 0.3 is 11.0 Å². The summed E-state index contributed by atoms with van der Waals surface area (Å²) in [5.74, 6) is -1.42. The Balaban J connectivity index is 1.80. The number of thiophene rings is 1. The van der Waals surface area contributed by atoms with Gasteiger partial charge in [0.15, 0.2) is 0 Å². The minimum atomic E-state index is -3.63. The van der Waals surface area contributed by atoms with Crippen molar-refractivity contribution < 1.29 is 27.7 Å². The Hall–Kier alpha value is -2.83. The minimum Gasteiger partial charge on any atom is -0.462 e. The lowest BCUT2D eigenvalue weighted by molar-refractivity contribution is -0.380. The summed E-state index contributed by atoms with van der Waals surface area (Å²) in [6.07, 6.45) is 2.63. The first-order valence-corrected chi connectivity index (χ1v) is 11.9. The van der Waals surface area contributed by atoms with Gasteiger partial charge in [-0.15, -0.1) is 0 Å². The maximum atomic E-state index is 12.7. The van der Waals surface area contributed by atoms with Crippen LogP contribution in [0.25, 0.3) is 0 Å². The number of nitrogens with one attached hydrogen (secondary N) is 1. The number of nitro groups is 1. The molecule has 31 heavy (non-hydrogen) atoms. The third-order valence-electron chi connectivity index (χ3n) is 4.69. The molecule has 1 aliphatic heterocycles. The highest BCUT2D eigenvalue weighted by Crippen LogP contribution is 2.34. The zero-order valence-electron chi connectivity index (χ0n) is 16.7. The van der Waals surface area contributed by atoms with E-state index in [4.69, 9.17) is 4.74 Å². The normalized spacial score (nSPS) is 14.7. The Morgan fingerprint density at radius 3 is 2.42 bits per heavy atom. The predicted octanol–water partition coefficient (Wildman–Crippen LogP) is 3.26. The van der Waals surface area contributed by atoms with Crippen LogP contribution in [0.1, 0.15) is 46.9 Å². The van der Waals surface area contributed by atoms with Gasteiger partial charge in [-0.3, -0.25) is 14.9 Å². The molecule has 2 heterocycles. The second kappa shape index (κ2) is 9.54.